The molecule has 2 rings (SSSR count). The van der Waals surface area contributed by atoms with Gasteiger partial charge in [-0.1, -0.05) is 57.4 Å². The fraction of sp³-hybridized carbons (Fsp3) is 0.667. The van der Waals surface area contributed by atoms with E-state index in [1.54, 1.807) is 0 Å². The van der Waals surface area contributed by atoms with Gasteiger partial charge in [-0.25, -0.2) is 0 Å². The summed E-state index contributed by atoms with van der Waals surface area (Å²) in [6, 6.07) is 9.23. The van der Waals surface area contributed by atoms with Crippen LogP contribution in [0.4, 0.5) is 0 Å². The topological polar surface area (TPSA) is 21.3 Å². The average molecular weight is 275 g/mol. The van der Waals surface area contributed by atoms with Crippen LogP contribution in [0.3, 0.4) is 0 Å². The normalized spacial score (nSPS) is 17.2. The molecule has 1 unspecified atom stereocenters. The first-order chi connectivity index (χ1) is 9.70. The van der Waals surface area contributed by atoms with Gasteiger partial charge in [-0.2, -0.15) is 0 Å². The summed E-state index contributed by atoms with van der Waals surface area (Å²) in [6.45, 7) is 6.14. The highest BCUT2D eigenvalue weighted by molar-refractivity contribution is 5.26. The van der Waals surface area contributed by atoms with Gasteiger partial charge in [-0.3, -0.25) is 0 Å². The highest BCUT2D eigenvalue weighted by atomic mass is 16.5. The quantitative estimate of drug-likeness (QED) is 0.715. The molecule has 0 heterocycles. The molecule has 2 heteroatoms. The van der Waals surface area contributed by atoms with Crippen molar-refractivity contribution in [1.82, 2.24) is 5.32 Å². The second kappa shape index (κ2) is 7.80. The van der Waals surface area contributed by atoms with Gasteiger partial charge >= 0.3 is 0 Å². The van der Waals surface area contributed by atoms with Gasteiger partial charge in [0, 0.05) is 6.61 Å². The Morgan fingerprint density at radius 2 is 1.80 bits per heavy atom. The van der Waals surface area contributed by atoms with Crippen LogP contribution < -0.4 is 5.32 Å². The maximum Gasteiger partial charge on any atom is 0.0661 e. The molecule has 0 spiro atoms. The fourth-order valence-corrected chi connectivity index (χ4v) is 2.69. The van der Waals surface area contributed by atoms with Gasteiger partial charge in [0.15, 0.2) is 0 Å². The van der Waals surface area contributed by atoms with Crippen molar-refractivity contribution in [2.75, 3.05) is 20.3 Å². The first kappa shape index (κ1) is 15.5. The highest BCUT2D eigenvalue weighted by Crippen LogP contribution is 2.29. The zero-order chi connectivity index (χ0) is 14.4. The van der Waals surface area contributed by atoms with Crippen molar-refractivity contribution in [3.63, 3.8) is 0 Å². The predicted octanol–water partition coefficient (Wildman–Crippen LogP) is 4.28. The summed E-state index contributed by atoms with van der Waals surface area (Å²) in [4.78, 5) is 0. The molecule has 20 heavy (non-hydrogen) atoms. The minimum Gasteiger partial charge on any atom is -0.379 e. The Labute approximate surface area is 123 Å². The third kappa shape index (κ3) is 4.32. The van der Waals surface area contributed by atoms with Gasteiger partial charge in [-0.05, 0) is 36.4 Å². The SMILES string of the molecule is CNC(COCCC1CCC1)c1ccc(C(C)C)cc1. The zero-order valence-corrected chi connectivity index (χ0v) is 13.2. The van der Waals surface area contributed by atoms with Gasteiger partial charge < -0.3 is 10.1 Å². The third-order valence-corrected chi connectivity index (χ3v) is 4.53. The Balaban J connectivity index is 1.77. The molecule has 0 aromatic heterocycles. The number of likely N-dealkylation sites (N-methyl/N-ethyl adjacent to an activating group) is 1. The Morgan fingerprint density at radius 3 is 2.30 bits per heavy atom. The molecule has 1 aliphatic carbocycles. The monoisotopic (exact) mass is 275 g/mol. The van der Waals surface area contributed by atoms with Gasteiger partial charge in [0.25, 0.3) is 0 Å². The molecule has 0 radical (unpaired) electrons. The molecule has 1 fully saturated rings. The summed E-state index contributed by atoms with van der Waals surface area (Å²) < 4.78 is 5.86. The van der Waals surface area contributed by atoms with Crippen molar-refractivity contribution >= 4 is 0 Å². The standard InChI is InChI=1S/C18H29NO/c1-14(2)16-7-9-17(10-8-16)18(19-3)13-20-12-11-15-5-4-6-15/h7-10,14-15,18-19H,4-6,11-13H2,1-3H3. The van der Waals surface area contributed by atoms with E-state index >= 15 is 0 Å². The number of nitrogens with one attached hydrogen (secondary N) is 1. The second-order valence-electron chi connectivity index (χ2n) is 6.32. The molecule has 0 bridgehead atoms. The lowest BCUT2D eigenvalue weighted by Crippen LogP contribution is -2.23. The summed E-state index contributed by atoms with van der Waals surface area (Å²) in [5.41, 5.74) is 2.72. The van der Waals surface area contributed by atoms with E-state index in [1.165, 1.54) is 36.8 Å². The smallest absolute Gasteiger partial charge is 0.0661 e. The molecule has 0 aliphatic heterocycles. The van der Waals surface area contributed by atoms with Crippen molar-refractivity contribution in [3.05, 3.63) is 35.4 Å². The largest absolute Gasteiger partial charge is 0.379 e. The van der Waals surface area contributed by atoms with Crippen LogP contribution in [0, 0.1) is 5.92 Å². The molecule has 1 atom stereocenters. The van der Waals surface area contributed by atoms with Gasteiger partial charge in [0.2, 0.25) is 0 Å². The predicted molar refractivity (Wildman–Crippen MR) is 85.1 cm³/mol. The summed E-state index contributed by atoms with van der Waals surface area (Å²) in [7, 11) is 2.01. The highest BCUT2D eigenvalue weighted by Gasteiger charge is 2.17. The second-order valence-corrected chi connectivity index (χ2v) is 6.32. The van der Waals surface area contributed by atoms with E-state index in [0.29, 0.717) is 12.0 Å². The van der Waals surface area contributed by atoms with Gasteiger partial charge in [-0.15, -0.1) is 0 Å². The van der Waals surface area contributed by atoms with E-state index in [4.69, 9.17) is 4.74 Å². The molecule has 0 saturated heterocycles. The lowest BCUT2D eigenvalue weighted by molar-refractivity contribution is 0.0904. The Hall–Kier alpha value is -0.860. The molecule has 1 aromatic rings. The molecule has 1 saturated carbocycles. The molecule has 1 aromatic carbocycles. The minimum absolute atomic E-state index is 0.303. The average Bonchev–Trinajstić information content (AvgIpc) is 2.41. The molecule has 2 nitrogen and oxygen atoms in total. The Kier molecular flexibility index (Phi) is 6.06. The number of hydrogen-bond acceptors (Lipinski definition) is 2. The zero-order valence-electron chi connectivity index (χ0n) is 13.2. The maximum absolute atomic E-state index is 5.86. The number of rotatable bonds is 8. The van der Waals surface area contributed by atoms with Crippen LogP contribution >= 0.6 is 0 Å². The Morgan fingerprint density at radius 1 is 1.15 bits per heavy atom. The van der Waals surface area contributed by atoms with Gasteiger partial charge in [0.05, 0.1) is 12.6 Å². The summed E-state index contributed by atoms with van der Waals surface area (Å²) in [6.07, 6.45) is 5.49. The Bertz CT molecular complexity index is 381. The summed E-state index contributed by atoms with van der Waals surface area (Å²) in [5, 5.41) is 3.36. The van der Waals surface area contributed by atoms with Gasteiger partial charge in [0.1, 0.15) is 0 Å². The van der Waals surface area contributed by atoms with Crippen molar-refractivity contribution < 1.29 is 4.74 Å². The third-order valence-electron chi connectivity index (χ3n) is 4.53. The molecule has 0 amide bonds. The van der Waals surface area contributed by atoms with Crippen molar-refractivity contribution in [2.24, 2.45) is 5.92 Å². The first-order valence-electron chi connectivity index (χ1n) is 8.05. The summed E-state index contributed by atoms with van der Waals surface area (Å²) >= 11 is 0. The number of benzene rings is 1. The molecular formula is C18H29NO. The van der Waals surface area contributed by atoms with Crippen LogP contribution in [-0.2, 0) is 4.74 Å². The van der Waals surface area contributed by atoms with E-state index in [2.05, 4.69) is 43.4 Å². The first-order valence-corrected chi connectivity index (χ1v) is 8.05. The van der Waals surface area contributed by atoms with E-state index in [-0.39, 0.29) is 0 Å². The van der Waals surface area contributed by atoms with Crippen LogP contribution in [0.5, 0.6) is 0 Å². The summed E-state index contributed by atoms with van der Waals surface area (Å²) in [5.74, 6) is 1.53. The minimum atomic E-state index is 0.303. The van der Waals surface area contributed by atoms with E-state index in [9.17, 15) is 0 Å². The lowest BCUT2D eigenvalue weighted by atomic mass is 9.83. The van der Waals surface area contributed by atoms with Crippen molar-refractivity contribution in [3.8, 4) is 0 Å². The molecular weight excluding hydrogens is 246 g/mol. The van der Waals surface area contributed by atoms with Crippen LogP contribution in [0.1, 0.15) is 62.6 Å². The van der Waals surface area contributed by atoms with Crippen LogP contribution in [0.25, 0.3) is 0 Å². The molecule has 1 N–H and O–H groups in total. The number of hydrogen-bond donors (Lipinski definition) is 1. The van der Waals surface area contributed by atoms with E-state index in [0.717, 1.165) is 19.1 Å². The lowest BCUT2D eigenvalue weighted by Gasteiger charge is -2.25. The van der Waals surface area contributed by atoms with Crippen LogP contribution in [-0.4, -0.2) is 20.3 Å². The van der Waals surface area contributed by atoms with Crippen LogP contribution in [0.15, 0.2) is 24.3 Å². The molecule has 1 aliphatic rings. The fourth-order valence-electron chi connectivity index (χ4n) is 2.69. The van der Waals surface area contributed by atoms with Crippen molar-refractivity contribution in [1.29, 1.82) is 0 Å². The van der Waals surface area contributed by atoms with Crippen molar-refractivity contribution in [2.45, 2.75) is 51.5 Å². The molecule has 112 valence electrons. The van der Waals surface area contributed by atoms with E-state index in [1.807, 2.05) is 7.05 Å². The number of ether oxygens (including phenoxy) is 1. The van der Waals surface area contributed by atoms with Crippen LogP contribution in [0.2, 0.25) is 0 Å². The maximum atomic E-state index is 5.86. The van der Waals surface area contributed by atoms with E-state index < -0.39 is 0 Å².